The number of carbonyl (C=O) groups excluding carboxylic acids is 1. The highest BCUT2D eigenvalue weighted by Gasteiger charge is 2.20. The van der Waals surface area contributed by atoms with Gasteiger partial charge in [0.05, 0.1) is 11.6 Å². The van der Waals surface area contributed by atoms with Crippen molar-refractivity contribution in [2.45, 2.75) is 13.8 Å². The highest BCUT2D eigenvalue weighted by molar-refractivity contribution is 6.35. The van der Waals surface area contributed by atoms with Crippen LogP contribution in [0.5, 0.6) is 5.75 Å². The van der Waals surface area contributed by atoms with Crippen LogP contribution in [0.15, 0.2) is 18.2 Å². The molecule has 1 aromatic carbocycles. The summed E-state index contributed by atoms with van der Waals surface area (Å²) in [5.74, 6) is 0.883. The summed E-state index contributed by atoms with van der Waals surface area (Å²) in [6, 6.07) is 5.25. The minimum absolute atomic E-state index is 0.221. The minimum Gasteiger partial charge on any atom is -0.491 e. The molecule has 0 spiro atoms. The largest absolute Gasteiger partial charge is 0.491 e. The van der Waals surface area contributed by atoms with Crippen LogP contribution in [-0.4, -0.2) is 79.6 Å². The first-order valence-corrected chi connectivity index (χ1v) is 9.59. The molecule has 1 aliphatic heterocycles. The zero-order chi connectivity index (χ0) is 18.2. The first-order valence-electron chi connectivity index (χ1n) is 8.83. The van der Waals surface area contributed by atoms with Crippen molar-refractivity contribution in [3.63, 3.8) is 0 Å². The Balaban J connectivity index is 1.67. The van der Waals surface area contributed by atoms with Crippen LogP contribution in [0.2, 0.25) is 10.0 Å². The predicted octanol–water partition coefficient (Wildman–Crippen LogP) is 2.86. The second-order valence-electron chi connectivity index (χ2n) is 6.11. The van der Waals surface area contributed by atoms with E-state index < -0.39 is 0 Å². The molecule has 0 saturated carbocycles. The van der Waals surface area contributed by atoms with Crippen molar-refractivity contribution in [1.82, 2.24) is 14.7 Å². The first-order chi connectivity index (χ1) is 12.0. The van der Waals surface area contributed by atoms with Crippen LogP contribution in [-0.2, 0) is 4.79 Å². The third kappa shape index (κ3) is 6.33. The molecule has 140 valence electrons. The summed E-state index contributed by atoms with van der Waals surface area (Å²) >= 11 is 12.0. The molecule has 0 unspecified atom stereocenters. The molecule has 1 saturated heterocycles. The Bertz CT molecular complexity index is 559. The van der Waals surface area contributed by atoms with Crippen LogP contribution in [0, 0.1) is 0 Å². The van der Waals surface area contributed by atoms with Gasteiger partial charge in [0, 0.05) is 50.8 Å². The number of hydrogen-bond acceptors (Lipinski definition) is 4. The van der Waals surface area contributed by atoms with Crippen molar-refractivity contribution in [3.8, 4) is 5.75 Å². The second-order valence-corrected chi connectivity index (χ2v) is 6.95. The van der Waals surface area contributed by atoms with E-state index in [0.717, 1.165) is 45.8 Å². The van der Waals surface area contributed by atoms with E-state index in [0.29, 0.717) is 28.9 Å². The van der Waals surface area contributed by atoms with Crippen LogP contribution in [0.4, 0.5) is 0 Å². The van der Waals surface area contributed by atoms with Crippen molar-refractivity contribution in [3.05, 3.63) is 28.2 Å². The summed E-state index contributed by atoms with van der Waals surface area (Å²) in [4.78, 5) is 18.6. The molecule has 0 aromatic heterocycles. The fraction of sp³-hybridized carbons (Fsp3) is 0.611. The van der Waals surface area contributed by atoms with Crippen molar-refractivity contribution < 1.29 is 9.53 Å². The van der Waals surface area contributed by atoms with E-state index in [1.807, 2.05) is 18.7 Å². The van der Waals surface area contributed by atoms with Gasteiger partial charge in [-0.05, 0) is 32.0 Å². The van der Waals surface area contributed by atoms with Crippen LogP contribution in [0.1, 0.15) is 13.8 Å². The van der Waals surface area contributed by atoms with E-state index in [1.165, 1.54) is 0 Å². The summed E-state index contributed by atoms with van der Waals surface area (Å²) in [5.41, 5.74) is 0. The number of likely N-dealkylation sites (N-methyl/N-ethyl adjacent to an activating group) is 1. The van der Waals surface area contributed by atoms with Crippen molar-refractivity contribution in [1.29, 1.82) is 0 Å². The Kier molecular flexibility index (Phi) is 8.30. The summed E-state index contributed by atoms with van der Waals surface area (Å²) in [6.07, 6.45) is 0. The number of nitrogens with zero attached hydrogens (tertiary/aromatic N) is 3. The number of piperazine rings is 1. The normalized spacial score (nSPS) is 16.0. The average Bonchev–Trinajstić information content (AvgIpc) is 2.59. The highest BCUT2D eigenvalue weighted by atomic mass is 35.5. The lowest BCUT2D eigenvalue weighted by molar-refractivity contribution is -0.132. The van der Waals surface area contributed by atoms with Gasteiger partial charge in [-0.3, -0.25) is 14.6 Å². The van der Waals surface area contributed by atoms with Crippen molar-refractivity contribution >= 4 is 29.1 Å². The third-order valence-electron chi connectivity index (χ3n) is 4.50. The standard InChI is InChI=1S/C18H27Cl2N3O2/c1-3-23(4-2)18(24)14-22-9-7-21(8-10-22)11-12-25-17-6-5-15(19)13-16(17)20/h5-6,13H,3-4,7-12,14H2,1-2H3. The van der Waals surface area contributed by atoms with E-state index >= 15 is 0 Å². The highest BCUT2D eigenvalue weighted by Crippen LogP contribution is 2.27. The maximum absolute atomic E-state index is 12.2. The summed E-state index contributed by atoms with van der Waals surface area (Å²) in [7, 11) is 0. The van der Waals surface area contributed by atoms with Crippen LogP contribution >= 0.6 is 23.2 Å². The number of benzene rings is 1. The predicted molar refractivity (Wildman–Crippen MR) is 103 cm³/mol. The van der Waals surface area contributed by atoms with Gasteiger partial charge < -0.3 is 9.64 Å². The van der Waals surface area contributed by atoms with Gasteiger partial charge in [0.2, 0.25) is 5.91 Å². The molecule has 1 amide bonds. The number of carbonyl (C=O) groups is 1. The molecular weight excluding hydrogens is 361 g/mol. The summed E-state index contributed by atoms with van der Waals surface area (Å²) in [6.45, 7) is 11.3. The molecule has 2 rings (SSSR count). The fourth-order valence-electron chi connectivity index (χ4n) is 2.92. The number of amides is 1. The Morgan fingerprint density at radius 3 is 2.36 bits per heavy atom. The van der Waals surface area contributed by atoms with E-state index in [9.17, 15) is 4.79 Å². The van der Waals surface area contributed by atoms with Gasteiger partial charge >= 0.3 is 0 Å². The molecule has 1 aliphatic rings. The Morgan fingerprint density at radius 1 is 1.12 bits per heavy atom. The van der Waals surface area contributed by atoms with Crippen LogP contribution < -0.4 is 4.74 Å². The lowest BCUT2D eigenvalue weighted by atomic mass is 10.3. The van der Waals surface area contributed by atoms with E-state index in [2.05, 4.69) is 9.80 Å². The minimum atomic E-state index is 0.221. The van der Waals surface area contributed by atoms with E-state index in [4.69, 9.17) is 27.9 Å². The quantitative estimate of drug-likeness (QED) is 0.686. The van der Waals surface area contributed by atoms with Gasteiger partial charge in [0.25, 0.3) is 0 Å². The molecule has 0 N–H and O–H groups in total. The van der Waals surface area contributed by atoms with Gasteiger partial charge in [0.1, 0.15) is 12.4 Å². The monoisotopic (exact) mass is 387 g/mol. The molecule has 1 aromatic rings. The molecule has 0 radical (unpaired) electrons. The van der Waals surface area contributed by atoms with Gasteiger partial charge in [-0.25, -0.2) is 0 Å². The summed E-state index contributed by atoms with van der Waals surface area (Å²) in [5, 5.41) is 1.14. The third-order valence-corrected chi connectivity index (χ3v) is 5.03. The van der Waals surface area contributed by atoms with Crippen molar-refractivity contribution in [2.75, 3.05) is 59.0 Å². The number of hydrogen-bond donors (Lipinski definition) is 0. The molecule has 0 aliphatic carbocycles. The molecule has 1 fully saturated rings. The van der Waals surface area contributed by atoms with Gasteiger partial charge in [-0.2, -0.15) is 0 Å². The molecule has 0 atom stereocenters. The SMILES string of the molecule is CCN(CC)C(=O)CN1CCN(CCOc2ccc(Cl)cc2Cl)CC1. The zero-order valence-corrected chi connectivity index (χ0v) is 16.5. The van der Waals surface area contributed by atoms with Gasteiger partial charge in [-0.15, -0.1) is 0 Å². The number of ether oxygens (including phenoxy) is 1. The van der Waals surface area contributed by atoms with Gasteiger partial charge in [-0.1, -0.05) is 23.2 Å². The first kappa shape index (κ1) is 20.3. The zero-order valence-electron chi connectivity index (χ0n) is 15.0. The molecule has 0 bridgehead atoms. The smallest absolute Gasteiger partial charge is 0.236 e. The van der Waals surface area contributed by atoms with Crippen LogP contribution in [0.3, 0.4) is 0 Å². The average molecular weight is 388 g/mol. The maximum atomic E-state index is 12.2. The fourth-order valence-corrected chi connectivity index (χ4v) is 3.38. The lowest BCUT2D eigenvalue weighted by Crippen LogP contribution is -2.50. The van der Waals surface area contributed by atoms with Crippen molar-refractivity contribution in [2.24, 2.45) is 0 Å². The molecule has 25 heavy (non-hydrogen) atoms. The number of halogens is 2. The maximum Gasteiger partial charge on any atom is 0.236 e. The number of rotatable bonds is 8. The Hall–Kier alpha value is -1.01. The Morgan fingerprint density at radius 2 is 1.76 bits per heavy atom. The van der Waals surface area contributed by atoms with E-state index in [1.54, 1.807) is 18.2 Å². The molecule has 1 heterocycles. The Labute approximate surface area is 160 Å². The topological polar surface area (TPSA) is 36.0 Å². The molecule has 7 heteroatoms. The summed E-state index contributed by atoms with van der Waals surface area (Å²) < 4.78 is 5.74. The van der Waals surface area contributed by atoms with Gasteiger partial charge in [0.15, 0.2) is 0 Å². The lowest BCUT2D eigenvalue weighted by Gasteiger charge is -2.35. The second kappa shape index (κ2) is 10.2. The van der Waals surface area contributed by atoms with E-state index in [-0.39, 0.29) is 5.91 Å². The van der Waals surface area contributed by atoms with Crippen LogP contribution in [0.25, 0.3) is 0 Å². The molecule has 5 nitrogen and oxygen atoms in total. The molecular formula is C18H27Cl2N3O2.